The van der Waals surface area contributed by atoms with Gasteiger partial charge in [0.15, 0.2) is 17.4 Å². The van der Waals surface area contributed by atoms with Crippen molar-refractivity contribution in [3.05, 3.63) is 58.4 Å². The van der Waals surface area contributed by atoms with Crippen LogP contribution in [-0.2, 0) is 0 Å². The van der Waals surface area contributed by atoms with Crippen LogP contribution >= 0.6 is 0 Å². The van der Waals surface area contributed by atoms with Crippen LogP contribution in [0.5, 0.6) is 5.75 Å². The lowest BCUT2D eigenvalue weighted by atomic mass is 10.1. The number of aromatic amines is 1. The summed E-state index contributed by atoms with van der Waals surface area (Å²) in [6.45, 7) is 0. The highest BCUT2D eigenvalue weighted by atomic mass is 19.1. The van der Waals surface area contributed by atoms with Crippen LogP contribution in [0.3, 0.4) is 0 Å². The lowest BCUT2D eigenvalue weighted by Crippen LogP contribution is -2.10. The van der Waals surface area contributed by atoms with Crippen molar-refractivity contribution < 1.29 is 13.5 Å². The number of nitrogens with one attached hydrogen (secondary N) is 1. The van der Waals surface area contributed by atoms with Crippen LogP contribution in [0, 0.1) is 11.6 Å². The summed E-state index contributed by atoms with van der Waals surface area (Å²) >= 11 is 0. The van der Waals surface area contributed by atoms with Gasteiger partial charge in [0.05, 0.1) is 23.6 Å². The average molecular weight is 288 g/mol. The maximum absolute atomic E-state index is 14.2. The van der Waals surface area contributed by atoms with E-state index < -0.39 is 22.9 Å². The van der Waals surface area contributed by atoms with E-state index in [1.807, 2.05) is 0 Å². The van der Waals surface area contributed by atoms with Gasteiger partial charge in [0.25, 0.3) is 5.56 Å². The molecule has 0 saturated heterocycles. The van der Waals surface area contributed by atoms with Crippen molar-refractivity contribution in [2.24, 2.45) is 0 Å². The molecule has 1 aromatic heterocycles. The molecule has 0 atom stereocenters. The number of rotatable bonds is 2. The molecular formula is C15H10F2N2O2. The molecule has 3 aromatic rings. The smallest absolute Gasteiger partial charge is 0.259 e. The third-order valence-electron chi connectivity index (χ3n) is 3.12. The SMILES string of the molecule is COc1c(F)ccc(-c2nc3ccccc3c(=O)[nH]2)c1F. The van der Waals surface area contributed by atoms with E-state index in [1.165, 1.54) is 13.2 Å². The summed E-state index contributed by atoms with van der Waals surface area (Å²) < 4.78 is 32.3. The molecule has 0 aliphatic heterocycles. The van der Waals surface area contributed by atoms with Crippen LogP contribution in [-0.4, -0.2) is 17.1 Å². The summed E-state index contributed by atoms with van der Waals surface area (Å²) in [5, 5.41) is 0.399. The maximum atomic E-state index is 14.2. The number of benzene rings is 2. The monoisotopic (exact) mass is 288 g/mol. The molecular weight excluding hydrogens is 278 g/mol. The third-order valence-corrected chi connectivity index (χ3v) is 3.12. The lowest BCUT2D eigenvalue weighted by Gasteiger charge is -2.08. The zero-order valence-corrected chi connectivity index (χ0v) is 11.0. The van der Waals surface area contributed by atoms with Crippen LogP contribution in [0.2, 0.25) is 0 Å². The van der Waals surface area contributed by atoms with Crippen LogP contribution in [0.1, 0.15) is 0 Å². The molecule has 1 N–H and O–H groups in total. The van der Waals surface area contributed by atoms with E-state index in [1.54, 1.807) is 24.3 Å². The first-order chi connectivity index (χ1) is 10.1. The molecule has 1 heterocycles. The zero-order chi connectivity index (χ0) is 15.0. The summed E-state index contributed by atoms with van der Waals surface area (Å²) in [5.41, 5.74) is 0.00772. The fourth-order valence-corrected chi connectivity index (χ4v) is 2.12. The van der Waals surface area contributed by atoms with Crippen LogP contribution in [0.25, 0.3) is 22.3 Å². The summed E-state index contributed by atoms with van der Waals surface area (Å²) in [7, 11) is 1.17. The molecule has 0 bridgehead atoms. The Morgan fingerprint density at radius 1 is 1.14 bits per heavy atom. The van der Waals surface area contributed by atoms with Crippen molar-refractivity contribution in [3.8, 4) is 17.1 Å². The van der Waals surface area contributed by atoms with Gasteiger partial charge >= 0.3 is 0 Å². The number of hydrogen-bond donors (Lipinski definition) is 1. The van der Waals surface area contributed by atoms with Gasteiger partial charge in [-0.25, -0.2) is 13.8 Å². The number of H-pyrrole nitrogens is 1. The molecule has 0 fully saturated rings. The normalized spacial score (nSPS) is 10.8. The van der Waals surface area contributed by atoms with E-state index in [2.05, 4.69) is 14.7 Å². The Labute approximate surface area is 118 Å². The van der Waals surface area contributed by atoms with Gasteiger partial charge in [-0.3, -0.25) is 4.79 Å². The molecule has 6 heteroatoms. The van der Waals surface area contributed by atoms with Gasteiger partial charge in [0.1, 0.15) is 5.82 Å². The average Bonchev–Trinajstić information content (AvgIpc) is 2.48. The van der Waals surface area contributed by atoms with E-state index in [9.17, 15) is 13.6 Å². The molecule has 21 heavy (non-hydrogen) atoms. The molecule has 0 radical (unpaired) electrons. The molecule has 0 amide bonds. The van der Waals surface area contributed by atoms with Crippen molar-refractivity contribution in [3.63, 3.8) is 0 Å². The number of methoxy groups -OCH3 is 1. The topological polar surface area (TPSA) is 55.0 Å². The van der Waals surface area contributed by atoms with Gasteiger partial charge in [0, 0.05) is 0 Å². The summed E-state index contributed by atoms with van der Waals surface area (Å²) in [6, 6.07) is 8.96. The summed E-state index contributed by atoms with van der Waals surface area (Å²) in [6.07, 6.45) is 0. The van der Waals surface area contributed by atoms with E-state index in [-0.39, 0.29) is 11.4 Å². The number of ether oxygens (including phenoxy) is 1. The molecule has 0 spiro atoms. The Balaban J connectivity index is 2.29. The number of halogens is 2. The maximum Gasteiger partial charge on any atom is 0.259 e. The molecule has 0 unspecified atom stereocenters. The molecule has 0 aliphatic rings. The fourth-order valence-electron chi connectivity index (χ4n) is 2.12. The number of hydrogen-bond acceptors (Lipinski definition) is 3. The summed E-state index contributed by atoms with van der Waals surface area (Å²) in [4.78, 5) is 18.7. The van der Waals surface area contributed by atoms with E-state index in [4.69, 9.17) is 0 Å². The van der Waals surface area contributed by atoms with Crippen molar-refractivity contribution >= 4 is 10.9 Å². The van der Waals surface area contributed by atoms with Crippen molar-refractivity contribution in [1.29, 1.82) is 0 Å². The van der Waals surface area contributed by atoms with E-state index >= 15 is 0 Å². The highest BCUT2D eigenvalue weighted by Gasteiger charge is 2.17. The second kappa shape index (κ2) is 4.97. The molecule has 2 aromatic carbocycles. The number of para-hydroxylation sites is 1. The van der Waals surface area contributed by atoms with Gasteiger partial charge in [-0.05, 0) is 24.3 Å². The zero-order valence-electron chi connectivity index (χ0n) is 11.0. The molecule has 0 saturated carbocycles. The number of fused-ring (bicyclic) bond motifs is 1. The minimum atomic E-state index is -0.907. The third kappa shape index (κ3) is 2.14. The van der Waals surface area contributed by atoms with Crippen molar-refractivity contribution in [2.45, 2.75) is 0 Å². The van der Waals surface area contributed by atoms with E-state index in [0.717, 1.165) is 6.07 Å². The number of aromatic nitrogens is 2. The van der Waals surface area contributed by atoms with Gasteiger partial charge in [-0.2, -0.15) is 0 Å². The quantitative estimate of drug-likeness (QED) is 0.789. The predicted octanol–water partition coefficient (Wildman–Crippen LogP) is 2.88. The first kappa shape index (κ1) is 13.2. The highest BCUT2D eigenvalue weighted by molar-refractivity contribution is 5.79. The highest BCUT2D eigenvalue weighted by Crippen LogP contribution is 2.29. The molecule has 3 rings (SSSR count). The van der Waals surface area contributed by atoms with Gasteiger partial charge < -0.3 is 9.72 Å². The predicted molar refractivity (Wildman–Crippen MR) is 74.3 cm³/mol. The van der Waals surface area contributed by atoms with E-state index in [0.29, 0.717) is 10.9 Å². The minimum Gasteiger partial charge on any atom is -0.491 e. The number of nitrogens with zero attached hydrogens (tertiary/aromatic N) is 1. The lowest BCUT2D eigenvalue weighted by molar-refractivity contribution is 0.360. The molecule has 4 nitrogen and oxygen atoms in total. The minimum absolute atomic E-state index is 0.0227. The Morgan fingerprint density at radius 2 is 1.90 bits per heavy atom. The first-order valence-electron chi connectivity index (χ1n) is 6.13. The van der Waals surface area contributed by atoms with Gasteiger partial charge in [-0.15, -0.1) is 0 Å². The Kier molecular flexibility index (Phi) is 3.13. The van der Waals surface area contributed by atoms with Gasteiger partial charge in [0.2, 0.25) is 0 Å². The van der Waals surface area contributed by atoms with Crippen LogP contribution in [0.15, 0.2) is 41.2 Å². The molecule has 106 valence electrons. The Hall–Kier alpha value is -2.76. The second-order valence-electron chi connectivity index (χ2n) is 4.37. The largest absolute Gasteiger partial charge is 0.491 e. The molecule has 0 aliphatic carbocycles. The first-order valence-corrected chi connectivity index (χ1v) is 6.13. The second-order valence-corrected chi connectivity index (χ2v) is 4.37. The fraction of sp³-hybridized carbons (Fsp3) is 0.0667. The summed E-state index contributed by atoms with van der Waals surface area (Å²) in [5.74, 6) is -2.21. The van der Waals surface area contributed by atoms with Crippen LogP contribution < -0.4 is 10.3 Å². The van der Waals surface area contributed by atoms with Crippen molar-refractivity contribution in [1.82, 2.24) is 9.97 Å². The van der Waals surface area contributed by atoms with Gasteiger partial charge in [-0.1, -0.05) is 12.1 Å². The Bertz CT molecular complexity index is 890. The van der Waals surface area contributed by atoms with Crippen LogP contribution in [0.4, 0.5) is 8.78 Å². The Morgan fingerprint density at radius 3 is 2.67 bits per heavy atom. The standard InChI is InChI=1S/C15H10F2N2O2/c1-21-13-10(16)7-6-9(12(13)17)14-18-11-5-3-2-4-8(11)15(20)19-14/h2-7H,1H3,(H,18,19,20). The van der Waals surface area contributed by atoms with Crippen molar-refractivity contribution in [2.75, 3.05) is 7.11 Å².